The van der Waals surface area contributed by atoms with Gasteiger partial charge in [-0.1, -0.05) is 24.1 Å². The molecule has 0 bridgehead atoms. The van der Waals surface area contributed by atoms with Crippen LogP contribution in [-0.4, -0.2) is 51.4 Å². The van der Waals surface area contributed by atoms with E-state index >= 15 is 0 Å². The van der Waals surface area contributed by atoms with Crippen LogP contribution in [0.25, 0.3) is 0 Å². The number of benzene rings is 2. The molecule has 8 nitrogen and oxygen atoms in total. The summed E-state index contributed by atoms with van der Waals surface area (Å²) in [6, 6.07) is 7.88. The molecule has 11 heteroatoms. The van der Waals surface area contributed by atoms with E-state index in [1.807, 2.05) is 0 Å². The monoisotopic (exact) mass is 484 g/mol. The second-order valence-corrected chi connectivity index (χ2v) is 9.36. The first-order valence-electron chi connectivity index (χ1n) is 9.83. The van der Waals surface area contributed by atoms with E-state index in [1.54, 1.807) is 0 Å². The van der Waals surface area contributed by atoms with E-state index < -0.39 is 39.9 Å². The quantitative estimate of drug-likeness (QED) is 0.604. The van der Waals surface area contributed by atoms with E-state index in [-0.39, 0.29) is 21.4 Å². The molecule has 0 unspecified atom stereocenters. The van der Waals surface area contributed by atoms with Crippen LogP contribution in [0.15, 0.2) is 41.3 Å². The lowest BCUT2D eigenvalue weighted by Gasteiger charge is -2.26. The Morgan fingerprint density at radius 3 is 2.53 bits per heavy atom. The molecule has 0 aromatic heterocycles. The molecule has 1 heterocycles. The first-order valence-corrected chi connectivity index (χ1v) is 11.6. The Kier molecular flexibility index (Phi) is 7.70. The number of ether oxygens (including phenoxy) is 2. The molecule has 2 aromatic carbocycles. The molecule has 1 fully saturated rings. The summed E-state index contributed by atoms with van der Waals surface area (Å²) in [6.45, 7) is 0.108. The molecular formula is C21H22ClFN2O6S. The van der Waals surface area contributed by atoms with Crippen molar-refractivity contribution in [2.24, 2.45) is 0 Å². The van der Waals surface area contributed by atoms with Gasteiger partial charge >= 0.3 is 5.97 Å². The van der Waals surface area contributed by atoms with Gasteiger partial charge in [-0.3, -0.25) is 4.79 Å². The Hall–Kier alpha value is -2.69. The second-order valence-electron chi connectivity index (χ2n) is 7.05. The van der Waals surface area contributed by atoms with Crippen molar-refractivity contribution in [3.8, 4) is 5.75 Å². The van der Waals surface area contributed by atoms with Crippen LogP contribution in [0.3, 0.4) is 0 Å². The molecule has 1 amide bonds. The highest BCUT2D eigenvalue weighted by molar-refractivity contribution is 7.89. The van der Waals surface area contributed by atoms with Crippen LogP contribution in [0.5, 0.6) is 5.75 Å². The van der Waals surface area contributed by atoms with Crippen LogP contribution in [0.4, 0.5) is 10.1 Å². The van der Waals surface area contributed by atoms with Gasteiger partial charge in [0.25, 0.3) is 5.91 Å². The highest BCUT2D eigenvalue weighted by atomic mass is 35.5. The summed E-state index contributed by atoms with van der Waals surface area (Å²) < 4.78 is 51.3. The third-order valence-corrected chi connectivity index (χ3v) is 7.12. The van der Waals surface area contributed by atoms with Crippen LogP contribution in [0.1, 0.15) is 29.6 Å². The van der Waals surface area contributed by atoms with Gasteiger partial charge in [-0.05, 0) is 43.2 Å². The smallest absolute Gasteiger partial charge is 0.343 e. The molecule has 0 aliphatic carbocycles. The number of nitrogens with zero attached hydrogens (tertiary/aromatic N) is 1. The molecule has 1 aliphatic heterocycles. The summed E-state index contributed by atoms with van der Waals surface area (Å²) in [6.07, 6.45) is 2.51. The minimum atomic E-state index is -3.82. The van der Waals surface area contributed by atoms with Crippen LogP contribution >= 0.6 is 11.6 Å². The Morgan fingerprint density at radius 2 is 1.88 bits per heavy atom. The van der Waals surface area contributed by atoms with Crippen LogP contribution in [0.2, 0.25) is 5.02 Å². The van der Waals surface area contributed by atoms with Crippen LogP contribution < -0.4 is 10.1 Å². The predicted molar refractivity (Wildman–Crippen MR) is 116 cm³/mol. The molecule has 0 saturated carbocycles. The molecule has 0 radical (unpaired) electrons. The number of methoxy groups -OCH3 is 1. The van der Waals surface area contributed by atoms with E-state index in [0.717, 1.165) is 25.3 Å². The Morgan fingerprint density at radius 1 is 1.16 bits per heavy atom. The average Bonchev–Trinajstić information content (AvgIpc) is 2.78. The standard InChI is InChI=1S/C21H22ClFN2O6S/c1-30-17-9-8-14(12-18(17)32(28,29)25-10-3-2-4-11-25)24-19(26)13-31-21(27)20-15(22)6-5-7-16(20)23/h5-9,12H,2-4,10-11,13H2,1H3,(H,24,26). The molecule has 0 spiro atoms. The van der Waals surface area contributed by atoms with Crippen molar-refractivity contribution >= 4 is 39.2 Å². The lowest BCUT2D eigenvalue weighted by molar-refractivity contribution is -0.119. The first-order chi connectivity index (χ1) is 15.2. The number of sulfonamides is 1. The van der Waals surface area contributed by atoms with Crippen molar-refractivity contribution in [1.29, 1.82) is 0 Å². The third-order valence-electron chi connectivity index (χ3n) is 4.88. The number of hydrogen-bond donors (Lipinski definition) is 1. The lowest BCUT2D eigenvalue weighted by Crippen LogP contribution is -2.35. The Bertz CT molecular complexity index is 1100. The minimum Gasteiger partial charge on any atom is -0.495 e. The van der Waals surface area contributed by atoms with E-state index in [1.165, 1.54) is 41.7 Å². The number of amides is 1. The molecular weight excluding hydrogens is 463 g/mol. The van der Waals surface area contributed by atoms with Gasteiger partial charge in [0, 0.05) is 18.8 Å². The molecule has 1 aliphatic rings. The van der Waals surface area contributed by atoms with Gasteiger partial charge in [0.15, 0.2) is 6.61 Å². The van der Waals surface area contributed by atoms with Gasteiger partial charge in [-0.2, -0.15) is 4.31 Å². The number of rotatable bonds is 7. The number of piperidine rings is 1. The highest BCUT2D eigenvalue weighted by Gasteiger charge is 2.29. The summed E-state index contributed by atoms with van der Waals surface area (Å²) in [4.78, 5) is 24.2. The van der Waals surface area contributed by atoms with Gasteiger partial charge in [0.05, 0.1) is 12.1 Å². The van der Waals surface area contributed by atoms with Crippen molar-refractivity contribution in [1.82, 2.24) is 4.31 Å². The van der Waals surface area contributed by atoms with E-state index in [2.05, 4.69) is 5.32 Å². The summed E-state index contributed by atoms with van der Waals surface area (Å²) in [5.74, 6) is -2.55. The van der Waals surface area contributed by atoms with Gasteiger partial charge in [-0.25, -0.2) is 17.6 Å². The van der Waals surface area contributed by atoms with Gasteiger partial charge in [0.2, 0.25) is 10.0 Å². The predicted octanol–water partition coefficient (Wildman–Crippen LogP) is 3.46. The number of nitrogens with one attached hydrogen (secondary N) is 1. The van der Waals surface area contributed by atoms with Gasteiger partial charge in [0.1, 0.15) is 22.0 Å². The third kappa shape index (κ3) is 5.37. The zero-order chi connectivity index (χ0) is 23.3. The number of esters is 1. The zero-order valence-electron chi connectivity index (χ0n) is 17.3. The van der Waals surface area contributed by atoms with Crippen molar-refractivity contribution < 1.29 is 31.9 Å². The summed E-state index contributed by atoms with van der Waals surface area (Å²) in [7, 11) is -2.46. The lowest BCUT2D eigenvalue weighted by atomic mass is 10.2. The van der Waals surface area contributed by atoms with E-state index in [0.29, 0.717) is 13.1 Å². The molecule has 172 valence electrons. The number of carbonyl (C=O) groups excluding carboxylic acids is 2. The molecule has 2 aromatic rings. The normalized spacial score (nSPS) is 14.6. The average molecular weight is 485 g/mol. The number of anilines is 1. The van der Waals surface area contributed by atoms with Crippen molar-refractivity contribution in [2.75, 3.05) is 32.1 Å². The van der Waals surface area contributed by atoms with Crippen molar-refractivity contribution in [2.45, 2.75) is 24.2 Å². The number of hydrogen-bond acceptors (Lipinski definition) is 6. The summed E-state index contributed by atoms with van der Waals surface area (Å²) in [5, 5.41) is 2.32. The molecule has 1 N–H and O–H groups in total. The maximum atomic E-state index is 13.8. The Labute approximate surface area is 190 Å². The van der Waals surface area contributed by atoms with E-state index in [9.17, 15) is 22.4 Å². The topological polar surface area (TPSA) is 102 Å². The molecule has 1 saturated heterocycles. The van der Waals surface area contributed by atoms with Gasteiger partial charge < -0.3 is 14.8 Å². The maximum Gasteiger partial charge on any atom is 0.343 e. The maximum absolute atomic E-state index is 13.8. The second kappa shape index (κ2) is 10.3. The number of halogens is 2. The van der Waals surface area contributed by atoms with Crippen molar-refractivity contribution in [3.05, 3.63) is 52.8 Å². The fourth-order valence-electron chi connectivity index (χ4n) is 3.29. The molecule has 0 atom stereocenters. The number of carbonyl (C=O) groups is 2. The van der Waals surface area contributed by atoms with Crippen LogP contribution in [-0.2, 0) is 19.6 Å². The van der Waals surface area contributed by atoms with Gasteiger partial charge in [-0.15, -0.1) is 0 Å². The Balaban J connectivity index is 1.71. The summed E-state index contributed by atoms with van der Waals surface area (Å²) in [5.41, 5.74) is -0.298. The fourth-order valence-corrected chi connectivity index (χ4v) is 5.23. The highest BCUT2D eigenvalue weighted by Crippen LogP contribution is 2.31. The zero-order valence-corrected chi connectivity index (χ0v) is 18.8. The minimum absolute atomic E-state index is 0.0742. The molecule has 3 rings (SSSR count). The van der Waals surface area contributed by atoms with E-state index in [4.69, 9.17) is 21.1 Å². The fraction of sp³-hybridized carbons (Fsp3) is 0.333. The molecule has 32 heavy (non-hydrogen) atoms. The first kappa shape index (κ1) is 24.0. The summed E-state index contributed by atoms with van der Waals surface area (Å²) >= 11 is 5.81. The largest absolute Gasteiger partial charge is 0.495 e. The SMILES string of the molecule is COc1ccc(NC(=O)COC(=O)c2c(F)cccc2Cl)cc1S(=O)(=O)N1CCCCC1. The van der Waals surface area contributed by atoms with Crippen molar-refractivity contribution in [3.63, 3.8) is 0 Å². The van der Waals surface area contributed by atoms with Crippen LogP contribution in [0, 0.1) is 5.82 Å².